The van der Waals surface area contributed by atoms with Crippen LogP contribution in [0.2, 0.25) is 0 Å². The Balaban J connectivity index is 0. The second kappa shape index (κ2) is 5.28. The molecule has 52 valence electrons. The Morgan fingerprint density at radius 3 is 1.78 bits per heavy atom. The van der Waals surface area contributed by atoms with E-state index in [1.807, 2.05) is 0 Å². The average Bonchev–Trinajstić information content (AvgIpc) is 1.59. The first-order valence-corrected chi connectivity index (χ1v) is 2.93. The van der Waals surface area contributed by atoms with Gasteiger partial charge in [0.05, 0.1) is 0 Å². The minimum atomic E-state index is -0.948. The van der Waals surface area contributed by atoms with Crippen LogP contribution in [0.4, 0.5) is 0 Å². The van der Waals surface area contributed by atoms with Crippen molar-refractivity contribution in [2.75, 3.05) is 0 Å². The summed E-state index contributed by atoms with van der Waals surface area (Å²) in [6.45, 7) is 2.08. The molecule has 0 atom stereocenters. The van der Waals surface area contributed by atoms with Crippen LogP contribution in [-0.2, 0) is 0 Å². The van der Waals surface area contributed by atoms with Crippen molar-refractivity contribution >= 4 is 18.9 Å². The molecule has 3 nitrogen and oxygen atoms in total. The molecular formula is C5H16LiN3. The predicted octanol–water partition coefficient (Wildman–Crippen LogP) is -0.942. The summed E-state index contributed by atoms with van der Waals surface area (Å²) in [5.41, 5.74) is 15.8. The summed E-state index contributed by atoms with van der Waals surface area (Å²) in [6.07, 6.45) is 2.79. The Bertz CT molecular complexity index is 59.7. The van der Waals surface area contributed by atoms with Crippen LogP contribution in [-0.4, -0.2) is 24.6 Å². The molecule has 0 unspecified atom stereocenters. The van der Waals surface area contributed by atoms with Crippen molar-refractivity contribution in [2.45, 2.75) is 32.0 Å². The molecule has 0 aliphatic heterocycles. The molecule has 0 bridgehead atoms. The van der Waals surface area contributed by atoms with Crippen LogP contribution in [0.5, 0.6) is 0 Å². The van der Waals surface area contributed by atoms with Crippen LogP contribution in [0.1, 0.15) is 26.2 Å². The molecule has 0 spiro atoms. The Morgan fingerprint density at radius 2 is 1.67 bits per heavy atom. The van der Waals surface area contributed by atoms with Crippen LogP contribution in [0.25, 0.3) is 0 Å². The monoisotopic (exact) mass is 125 g/mol. The van der Waals surface area contributed by atoms with E-state index in [0.717, 1.165) is 12.8 Å². The Kier molecular flexibility index (Phi) is 7.14. The van der Waals surface area contributed by atoms with Crippen molar-refractivity contribution in [2.24, 2.45) is 17.2 Å². The molecule has 9 heavy (non-hydrogen) atoms. The average molecular weight is 125 g/mol. The van der Waals surface area contributed by atoms with E-state index in [0.29, 0.717) is 6.42 Å². The molecule has 0 rings (SSSR count). The van der Waals surface area contributed by atoms with Crippen molar-refractivity contribution in [3.05, 3.63) is 0 Å². The van der Waals surface area contributed by atoms with Gasteiger partial charge in [-0.05, 0) is 12.8 Å². The third-order valence-electron chi connectivity index (χ3n) is 0.963. The van der Waals surface area contributed by atoms with E-state index in [9.17, 15) is 0 Å². The topological polar surface area (TPSA) is 78.1 Å². The summed E-state index contributed by atoms with van der Waals surface area (Å²) in [7, 11) is 0. The van der Waals surface area contributed by atoms with Crippen LogP contribution >= 0.6 is 0 Å². The number of hydrogen-bond donors (Lipinski definition) is 3. The molecule has 6 N–H and O–H groups in total. The van der Waals surface area contributed by atoms with E-state index in [-0.39, 0.29) is 18.9 Å². The van der Waals surface area contributed by atoms with Crippen LogP contribution in [0, 0.1) is 0 Å². The van der Waals surface area contributed by atoms with Gasteiger partial charge in [0.25, 0.3) is 0 Å². The van der Waals surface area contributed by atoms with Gasteiger partial charge >= 0.3 is 18.9 Å². The third kappa shape index (κ3) is 11.9. The van der Waals surface area contributed by atoms with Gasteiger partial charge < -0.3 is 17.2 Å². The van der Waals surface area contributed by atoms with Gasteiger partial charge in [-0.25, -0.2) is 0 Å². The quantitative estimate of drug-likeness (QED) is 0.336. The molecule has 0 saturated heterocycles. The molecule has 0 heterocycles. The van der Waals surface area contributed by atoms with Crippen molar-refractivity contribution in [1.82, 2.24) is 0 Å². The number of hydrogen-bond acceptors (Lipinski definition) is 3. The zero-order chi connectivity index (χ0) is 6.62. The molecule has 0 aliphatic rings. The first-order chi connectivity index (χ1) is 3.56. The van der Waals surface area contributed by atoms with Gasteiger partial charge in [0, 0.05) is 0 Å². The molecule has 4 heteroatoms. The van der Waals surface area contributed by atoms with Gasteiger partial charge in [-0.3, -0.25) is 0 Å². The van der Waals surface area contributed by atoms with Gasteiger partial charge in [0.1, 0.15) is 5.79 Å². The van der Waals surface area contributed by atoms with E-state index >= 15 is 0 Å². The molecule has 0 fully saturated rings. The van der Waals surface area contributed by atoms with Crippen LogP contribution in [0.3, 0.4) is 0 Å². The predicted molar refractivity (Wildman–Crippen MR) is 42.0 cm³/mol. The van der Waals surface area contributed by atoms with Gasteiger partial charge in [-0.1, -0.05) is 13.3 Å². The fourth-order valence-corrected chi connectivity index (χ4v) is 0.483. The number of unbranched alkanes of at least 4 members (excludes halogenated alkanes) is 1. The standard InChI is InChI=1S/C5H15N3.Li.H/c1-2-3-4-5(6,7)8;;/h2-4,6-8H2,1H3;;. The van der Waals surface area contributed by atoms with Crippen molar-refractivity contribution in [3.63, 3.8) is 0 Å². The summed E-state index contributed by atoms with van der Waals surface area (Å²) in [5.74, 6) is -0.948. The minimum absolute atomic E-state index is 0. The molecule has 0 aromatic heterocycles. The first kappa shape index (κ1) is 12.2. The van der Waals surface area contributed by atoms with Crippen molar-refractivity contribution in [3.8, 4) is 0 Å². The van der Waals surface area contributed by atoms with E-state index in [1.54, 1.807) is 0 Å². The fraction of sp³-hybridized carbons (Fsp3) is 1.00. The summed E-state index contributed by atoms with van der Waals surface area (Å²) < 4.78 is 0. The third-order valence-corrected chi connectivity index (χ3v) is 0.963. The van der Waals surface area contributed by atoms with Crippen LogP contribution < -0.4 is 17.2 Å². The van der Waals surface area contributed by atoms with E-state index in [1.165, 1.54) is 0 Å². The molecule has 0 saturated carbocycles. The van der Waals surface area contributed by atoms with Gasteiger partial charge in [-0.2, -0.15) is 0 Å². The van der Waals surface area contributed by atoms with Gasteiger partial charge in [-0.15, -0.1) is 0 Å². The molecule has 0 amide bonds. The van der Waals surface area contributed by atoms with Crippen LogP contribution in [0.15, 0.2) is 0 Å². The van der Waals surface area contributed by atoms with Crippen molar-refractivity contribution < 1.29 is 0 Å². The molecule has 0 aromatic carbocycles. The number of rotatable bonds is 3. The van der Waals surface area contributed by atoms with E-state index < -0.39 is 5.79 Å². The fourth-order valence-electron chi connectivity index (χ4n) is 0.483. The molecule has 0 aromatic rings. The van der Waals surface area contributed by atoms with Gasteiger partial charge in [0.2, 0.25) is 0 Å². The Labute approximate surface area is 68.5 Å². The summed E-state index contributed by atoms with van der Waals surface area (Å²) in [5, 5.41) is 0. The maximum absolute atomic E-state index is 5.28. The van der Waals surface area contributed by atoms with E-state index in [4.69, 9.17) is 17.2 Å². The van der Waals surface area contributed by atoms with Crippen molar-refractivity contribution in [1.29, 1.82) is 0 Å². The first-order valence-electron chi connectivity index (χ1n) is 2.93. The molecule has 0 aliphatic carbocycles. The summed E-state index contributed by atoms with van der Waals surface area (Å²) >= 11 is 0. The van der Waals surface area contributed by atoms with E-state index in [2.05, 4.69) is 6.92 Å². The Hall–Kier alpha value is 0.477. The second-order valence-corrected chi connectivity index (χ2v) is 2.22. The van der Waals surface area contributed by atoms with Gasteiger partial charge in [0.15, 0.2) is 0 Å². The Morgan fingerprint density at radius 1 is 1.22 bits per heavy atom. The summed E-state index contributed by atoms with van der Waals surface area (Å²) in [4.78, 5) is 0. The SMILES string of the molecule is CCCCC(N)(N)N.[LiH]. The normalized spacial score (nSPS) is 10.7. The number of nitrogens with two attached hydrogens (primary N) is 3. The zero-order valence-corrected chi connectivity index (χ0v) is 5.35. The zero-order valence-electron chi connectivity index (χ0n) is 5.35. The molecule has 0 radical (unpaired) electrons. The summed E-state index contributed by atoms with van der Waals surface area (Å²) in [6, 6.07) is 0. The molecular weight excluding hydrogens is 109 g/mol. The second-order valence-electron chi connectivity index (χ2n) is 2.22. The maximum atomic E-state index is 5.28.